The monoisotopic (exact) mass is 223 g/mol. The molecule has 1 aromatic rings. The van der Waals surface area contributed by atoms with Crippen molar-refractivity contribution in [3.05, 3.63) is 34.7 Å². The quantitative estimate of drug-likeness (QED) is 0.744. The normalized spacial score (nSPS) is 16.3. The molecule has 0 aliphatic carbocycles. The molecule has 5 heteroatoms. The maximum absolute atomic E-state index is 11.4. The molecule has 0 saturated heterocycles. The van der Waals surface area contributed by atoms with Gasteiger partial charge in [0.1, 0.15) is 0 Å². The maximum atomic E-state index is 11.4. The molecule has 1 heterocycles. The molecule has 0 aromatic heterocycles. The van der Waals surface area contributed by atoms with Crippen molar-refractivity contribution in [2.45, 2.75) is 4.90 Å². The van der Waals surface area contributed by atoms with Crippen LogP contribution >= 0.6 is 0 Å². The first kappa shape index (κ1) is 10.1. The van der Waals surface area contributed by atoms with E-state index in [2.05, 4.69) is 0 Å². The molecule has 0 saturated carbocycles. The van der Waals surface area contributed by atoms with Crippen LogP contribution in [-0.2, 0) is 9.84 Å². The van der Waals surface area contributed by atoms with Crippen molar-refractivity contribution >= 4 is 21.7 Å². The lowest BCUT2D eigenvalue weighted by atomic mass is 10.1. The lowest BCUT2D eigenvalue weighted by molar-refractivity contribution is 0.100. The van der Waals surface area contributed by atoms with E-state index < -0.39 is 9.84 Å². The van der Waals surface area contributed by atoms with E-state index in [-0.39, 0.29) is 17.2 Å². The van der Waals surface area contributed by atoms with E-state index in [1.165, 1.54) is 18.2 Å². The average molecular weight is 223 g/mol. The third kappa shape index (κ3) is 1.60. The van der Waals surface area contributed by atoms with Crippen LogP contribution in [-0.4, -0.2) is 20.7 Å². The number of fused-ring (bicyclic) bond motifs is 1. The van der Waals surface area contributed by atoms with Gasteiger partial charge in [0.2, 0.25) is 0 Å². The lowest BCUT2D eigenvalue weighted by Crippen LogP contribution is -2.13. The predicted molar refractivity (Wildman–Crippen MR) is 56.0 cm³/mol. The molecule has 0 bridgehead atoms. The Kier molecular flexibility index (Phi) is 2.21. The number of hydrogen-bond acceptors (Lipinski definition) is 4. The second-order valence-corrected chi connectivity index (χ2v) is 5.03. The highest BCUT2D eigenvalue weighted by molar-refractivity contribution is 7.94. The zero-order valence-electron chi connectivity index (χ0n) is 7.80. The predicted octanol–water partition coefficient (Wildman–Crippen LogP) is 0.586. The van der Waals surface area contributed by atoms with Crippen LogP contribution in [0.25, 0.3) is 6.08 Å². The molecule has 0 fully saturated rings. The fraction of sp³-hybridized carbons (Fsp3) is 0.100. The van der Waals surface area contributed by atoms with Gasteiger partial charge < -0.3 is 5.73 Å². The van der Waals surface area contributed by atoms with Gasteiger partial charge in [0, 0.05) is 11.0 Å². The third-order valence-corrected chi connectivity index (χ3v) is 3.73. The molecular formula is C10H9NO3S. The number of carbonyl (C=O) groups is 1. The van der Waals surface area contributed by atoms with Crippen LogP contribution < -0.4 is 5.73 Å². The Bertz CT molecular complexity index is 558. The second-order valence-electron chi connectivity index (χ2n) is 3.23. The molecule has 1 aliphatic rings. The molecule has 2 rings (SSSR count). The lowest BCUT2D eigenvalue weighted by Gasteiger charge is -2.01. The molecule has 15 heavy (non-hydrogen) atoms. The first-order valence-electron chi connectivity index (χ1n) is 4.35. The number of benzene rings is 1. The summed E-state index contributed by atoms with van der Waals surface area (Å²) in [6, 6.07) is 4.47. The Morgan fingerprint density at radius 1 is 1.33 bits per heavy atom. The van der Waals surface area contributed by atoms with Gasteiger partial charge >= 0.3 is 0 Å². The van der Waals surface area contributed by atoms with Crippen LogP contribution in [0.1, 0.15) is 15.9 Å². The molecule has 0 amide bonds. The fourth-order valence-electron chi connectivity index (χ4n) is 1.47. The van der Waals surface area contributed by atoms with Crippen molar-refractivity contribution < 1.29 is 13.2 Å². The average Bonchev–Trinajstić information content (AvgIpc) is 2.53. The van der Waals surface area contributed by atoms with Gasteiger partial charge in [0.15, 0.2) is 15.6 Å². The van der Waals surface area contributed by atoms with Crippen LogP contribution in [0.15, 0.2) is 28.5 Å². The van der Waals surface area contributed by atoms with E-state index in [1.54, 1.807) is 6.07 Å². The van der Waals surface area contributed by atoms with E-state index in [0.29, 0.717) is 11.1 Å². The van der Waals surface area contributed by atoms with Crippen molar-refractivity contribution in [3.63, 3.8) is 0 Å². The van der Waals surface area contributed by atoms with Crippen molar-refractivity contribution in [3.8, 4) is 0 Å². The largest absolute Gasteiger partial charge is 0.324 e. The highest BCUT2D eigenvalue weighted by Crippen LogP contribution is 2.27. The van der Waals surface area contributed by atoms with E-state index >= 15 is 0 Å². The summed E-state index contributed by atoms with van der Waals surface area (Å²) >= 11 is 0. The number of rotatable bonds is 2. The molecule has 0 unspecified atom stereocenters. The van der Waals surface area contributed by atoms with Crippen LogP contribution in [0.3, 0.4) is 0 Å². The molecule has 0 atom stereocenters. The Morgan fingerprint density at radius 3 is 2.73 bits per heavy atom. The minimum absolute atomic E-state index is 0.0742. The van der Waals surface area contributed by atoms with E-state index in [0.717, 1.165) is 5.41 Å². The molecule has 78 valence electrons. The minimum Gasteiger partial charge on any atom is -0.324 e. The van der Waals surface area contributed by atoms with Gasteiger partial charge in [-0.2, -0.15) is 0 Å². The Morgan fingerprint density at radius 2 is 2.07 bits per heavy atom. The van der Waals surface area contributed by atoms with Crippen molar-refractivity contribution in [2.75, 3.05) is 6.54 Å². The van der Waals surface area contributed by atoms with Crippen LogP contribution in [0.5, 0.6) is 0 Å². The van der Waals surface area contributed by atoms with E-state index in [9.17, 15) is 13.2 Å². The fourth-order valence-corrected chi connectivity index (χ4v) is 2.65. The zero-order chi connectivity index (χ0) is 11.1. The molecule has 0 radical (unpaired) electrons. The number of carbonyl (C=O) groups excluding carboxylic acids is 1. The summed E-state index contributed by atoms with van der Waals surface area (Å²) in [4.78, 5) is 11.5. The Labute approximate surface area is 87.3 Å². The second kappa shape index (κ2) is 3.29. The SMILES string of the molecule is NCC(=O)c1ccc2c(c1)C=CS2(=O)=O. The standard InChI is InChI=1S/C10H9NO3S/c11-6-9(12)7-1-2-10-8(5-7)3-4-15(10,13)14/h1-5H,6,11H2. The van der Waals surface area contributed by atoms with Crippen LogP contribution in [0, 0.1) is 0 Å². The summed E-state index contributed by atoms with van der Waals surface area (Å²) in [7, 11) is -3.28. The smallest absolute Gasteiger partial charge is 0.200 e. The molecular weight excluding hydrogens is 214 g/mol. The van der Waals surface area contributed by atoms with Gasteiger partial charge in [-0.15, -0.1) is 0 Å². The number of sulfone groups is 1. The van der Waals surface area contributed by atoms with Crippen molar-refractivity contribution in [1.29, 1.82) is 0 Å². The minimum atomic E-state index is -3.28. The highest BCUT2D eigenvalue weighted by atomic mass is 32.2. The maximum Gasteiger partial charge on any atom is 0.200 e. The van der Waals surface area contributed by atoms with Gasteiger partial charge in [-0.05, 0) is 23.8 Å². The molecule has 4 nitrogen and oxygen atoms in total. The Balaban J connectivity index is 2.56. The van der Waals surface area contributed by atoms with Gasteiger partial charge in [0.05, 0.1) is 11.4 Å². The van der Waals surface area contributed by atoms with Gasteiger partial charge in [-0.3, -0.25) is 4.79 Å². The third-order valence-electron chi connectivity index (χ3n) is 2.25. The number of ketones is 1. The molecule has 0 spiro atoms. The van der Waals surface area contributed by atoms with Crippen molar-refractivity contribution in [2.24, 2.45) is 5.73 Å². The Hall–Kier alpha value is -1.46. The topological polar surface area (TPSA) is 77.2 Å². The number of Topliss-reactive ketones (excluding diaryl/α,β-unsaturated/α-hetero) is 1. The van der Waals surface area contributed by atoms with Gasteiger partial charge in [0.25, 0.3) is 0 Å². The zero-order valence-corrected chi connectivity index (χ0v) is 8.62. The van der Waals surface area contributed by atoms with E-state index in [1.807, 2.05) is 0 Å². The summed E-state index contributed by atoms with van der Waals surface area (Å²) in [6.07, 6.45) is 1.48. The summed E-state index contributed by atoms with van der Waals surface area (Å²) in [5.74, 6) is -0.199. The summed E-state index contributed by atoms with van der Waals surface area (Å²) in [5.41, 5.74) is 6.21. The van der Waals surface area contributed by atoms with E-state index in [4.69, 9.17) is 5.73 Å². The summed E-state index contributed by atoms with van der Waals surface area (Å²) < 4.78 is 22.8. The molecule has 1 aromatic carbocycles. The number of hydrogen-bond donors (Lipinski definition) is 1. The summed E-state index contributed by atoms with van der Waals surface area (Å²) in [6.45, 7) is -0.0742. The van der Waals surface area contributed by atoms with Crippen LogP contribution in [0.2, 0.25) is 0 Å². The van der Waals surface area contributed by atoms with Gasteiger partial charge in [-0.1, -0.05) is 6.07 Å². The molecule has 1 aliphatic heterocycles. The first-order chi connectivity index (χ1) is 7.04. The first-order valence-corrected chi connectivity index (χ1v) is 5.90. The van der Waals surface area contributed by atoms with Crippen molar-refractivity contribution in [1.82, 2.24) is 0 Å². The highest BCUT2D eigenvalue weighted by Gasteiger charge is 2.21. The van der Waals surface area contributed by atoms with Gasteiger partial charge in [-0.25, -0.2) is 8.42 Å². The molecule has 2 N–H and O–H groups in total. The van der Waals surface area contributed by atoms with Crippen LogP contribution in [0.4, 0.5) is 0 Å². The summed E-state index contributed by atoms with van der Waals surface area (Å²) in [5, 5.41) is 1.13. The number of nitrogens with two attached hydrogens (primary N) is 1.